The van der Waals surface area contributed by atoms with Crippen molar-refractivity contribution in [1.82, 2.24) is 4.90 Å². The van der Waals surface area contributed by atoms with Crippen LogP contribution in [0.15, 0.2) is 24.3 Å². The lowest BCUT2D eigenvalue weighted by atomic mass is 10.1. The van der Waals surface area contributed by atoms with Crippen LogP contribution in [0.5, 0.6) is 0 Å². The number of likely N-dealkylation sites (tertiary alicyclic amines) is 1. The molecule has 0 aliphatic carbocycles. The monoisotopic (exact) mass is 259 g/mol. The lowest BCUT2D eigenvalue weighted by Crippen LogP contribution is -2.42. The van der Waals surface area contributed by atoms with Crippen LogP contribution < -0.4 is 5.32 Å². The van der Waals surface area contributed by atoms with E-state index in [1.165, 1.54) is 6.92 Å². The van der Waals surface area contributed by atoms with Gasteiger partial charge in [0.05, 0.1) is 0 Å². The summed E-state index contributed by atoms with van der Waals surface area (Å²) in [6.07, 6.45) is 2.36. The number of anilines is 1. The smallest absolute Gasteiger partial charge is 0.247 e. The van der Waals surface area contributed by atoms with E-state index in [-0.39, 0.29) is 17.9 Å². The van der Waals surface area contributed by atoms with E-state index in [9.17, 15) is 9.59 Å². The van der Waals surface area contributed by atoms with E-state index < -0.39 is 0 Å². The van der Waals surface area contributed by atoms with Crippen molar-refractivity contribution in [3.63, 3.8) is 0 Å². The van der Waals surface area contributed by atoms with Crippen molar-refractivity contribution in [2.75, 3.05) is 11.9 Å². The third kappa shape index (κ3) is 3.13. The molecule has 4 nitrogen and oxygen atoms in total. The van der Waals surface area contributed by atoms with Crippen molar-refractivity contribution in [1.29, 1.82) is 0 Å². The molecule has 1 fully saturated rings. The first-order valence-electron chi connectivity index (χ1n) is 6.58. The third-order valence-electron chi connectivity index (χ3n) is 3.47. The van der Waals surface area contributed by atoms with Gasteiger partial charge in [-0.1, -0.05) is 12.1 Å². The van der Waals surface area contributed by atoms with Gasteiger partial charge in [0, 0.05) is 19.2 Å². The Kier molecular flexibility index (Phi) is 4.20. The fourth-order valence-corrected chi connectivity index (χ4v) is 2.40. The summed E-state index contributed by atoms with van der Waals surface area (Å²) < 4.78 is 0. The maximum Gasteiger partial charge on any atom is 0.247 e. The maximum absolute atomic E-state index is 12.2. The predicted octanol–water partition coefficient (Wildman–Crippen LogP) is 2.01. The lowest BCUT2D eigenvalue weighted by Gasteiger charge is -2.22. The normalized spacial score (nSPS) is 18.4. The molecule has 1 heterocycles. The zero-order valence-corrected chi connectivity index (χ0v) is 11.2. The number of hydrogen-bond acceptors (Lipinski definition) is 2. The molecule has 4 heteroatoms. The molecule has 0 aromatic heterocycles. The Morgan fingerprint density at radius 2 is 2.05 bits per heavy atom. The summed E-state index contributed by atoms with van der Waals surface area (Å²) in [4.78, 5) is 25.2. The molecule has 2 rings (SSSR count). The van der Waals surface area contributed by atoms with Crippen molar-refractivity contribution in [3.8, 4) is 0 Å². The second kappa shape index (κ2) is 5.87. The number of rotatable bonds is 3. The number of amides is 2. The van der Waals surface area contributed by atoms with Crippen LogP contribution in [0.2, 0.25) is 0 Å². The number of nitrogens with zero attached hydrogens (tertiary/aromatic N) is 1. The molecule has 1 aromatic rings. The number of benzene rings is 1. The van der Waals surface area contributed by atoms with Crippen molar-refractivity contribution in [2.24, 2.45) is 0 Å². The number of nitrogens with one attached hydrogen (secondary N) is 1. The topological polar surface area (TPSA) is 49.4 Å². The average Bonchev–Trinajstić information content (AvgIpc) is 2.89. The van der Waals surface area contributed by atoms with E-state index in [1.54, 1.807) is 4.90 Å². The molecular weight excluding hydrogens is 240 g/mol. The van der Waals surface area contributed by atoms with Crippen molar-refractivity contribution in [3.05, 3.63) is 36.8 Å². The zero-order valence-electron chi connectivity index (χ0n) is 11.2. The molecule has 0 unspecified atom stereocenters. The van der Waals surface area contributed by atoms with Crippen LogP contribution in [0.25, 0.3) is 0 Å². The first-order valence-corrected chi connectivity index (χ1v) is 6.58. The van der Waals surface area contributed by atoms with Crippen LogP contribution in [-0.4, -0.2) is 29.3 Å². The summed E-state index contributed by atoms with van der Waals surface area (Å²) in [5.41, 5.74) is 1.89. The zero-order chi connectivity index (χ0) is 13.8. The van der Waals surface area contributed by atoms with E-state index in [0.29, 0.717) is 6.54 Å². The average molecular weight is 259 g/mol. The van der Waals surface area contributed by atoms with Gasteiger partial charge in [-0.3, -0.25) is 9.59 Å². The summed E-state index contributed by atoms with van der Waals surface area (Å²) in [6.45, 7) is 5.99. The van der Waals surface area contributed by atoms with Crippen LogP contribution in [0.1, 0.15) is 25.3 Å². The molecule has 1 N–H and O–H groups in total. The van der Waals surface area contributed by atoms with Gasteiger partial charge in [-0.05, 0) is 43.9 Å². The predicted molar refractivity (Wildman–Crippen MR) is 74.5 cm³/mol. The molecule has 1 atom stereocenters. The minimum absolute atomic E-state index is 0.0370. The SMILES string of the molecule is [CH2]Cc1ccc(NC(=O)[C@@H]2CCCN2C(C)=O)cc1. The molecule has 0 spiro atoms. The van der Waals surface area contributed by atoms with E-state index in [1.807, 2.05) is 24.3 Å². The summed E-state index contributed by atoms with van der Waals surface area (Å²) in [5.74, 6) is -0.139. The van der Waals surface area contributed by atoms with Crippen LogP contribution >= 0.6 is 0 Å². The molecule has 2 amide bonds. The van der Waals surface area contributed by atoms with Gasteiger partial charge in [-0.2, -0.15) is 0 Å². The van der Waals surface area contributed by atoms with Crippen molar-refractivity contribution >= 4 is 17.5 Å². The number of carbonyl (C=O) groups excluding carboxylic acids is 2. The van der Waals surface area contributed by atoms with Crippen LogP contribution in [-0.2, 0) is 16.0 Å². The van der Waals surface area contributed by atoms with Crippen molar-refractivity contribution < 1.29 is 9.59 Å². The van der Waals surface area contributed by atoms with Gasteiger partial charge in [-0.15, -0.1) is 0 Å². The summed E-state index contributed by atoms with van der Waals surface area (Å²) in [7, 11) is 0. The first kappa shape index (κ1) is 13.6. The highest BCUT2D eigenvalue weighted by atomic mass is 16.2. The van der Waals surface area contributed by atoms with E-state index in [0.717, 1.165) is 30.5 Å². The van der Waals surface area contributed by atoms with Gasteiger partial charge in [0.25, 0.3) is 0 Å². The van der Waals surface area contributed by atoms with Gasteiger partial charge < -0.3 is 10.2 Å². The summed E-state index contributed by atoms with van der Waals surface area (Å²) in [5, 5.41) is 2.87. The van der Waals surface area contributed by atoms with Gasteiger partial charge >= 0.3 is 0 Å². The molecule has 1 radical (unpaired) electrons. The molecular formula is C15H19N2O2. The summed E-state index contributed by atoms with van der Waals surface area (Å²) in [6, 6.07) is 7.29. The highest BCUT2D eigenvalue weighted by Gasteiger charge is 2.32. The second-order valence-corrected chi connectivity index (χ2v) is 4.81. The van der Waals surface area contributed by atoms with Crippen LogP contribution in [0, 0.1) is 6.92 Å². The van der Waals surface area contributed by atoms with Gasteiger partial charge in [0.2, 0.25) is 11.8 Å². The minimum Gasteiger partial charge on any atom is -0.331 e. The Morgan fingerprint density at radius 3 is 2.63 bits per heavy atom. The van der Waals surface area contributed by atoms with Crippen molar-refractivity contribution in [2.45, 2.75) is 32.2 Å². The standard InChI is InChI=1S/C15H19N2O2/c1-3-12-6-8-13(9-7-12)16-15(19)14-5-4-10-17(14)11(2)18/h6-9,14H,1,3-5,10H2,2H3,(H,16,19)/t14-/m0/s1. The Labute approximate surface area is 113 Å². The van der Waals surface area contributed by atoms with Gasteiger partial charge in [-0.25, -0.2) is 0 Å². The molecule has 19 heavy (non-hydrogen) atoms. The molecule has 1 saturated heterocycles. The largest absolute Gasteiger partial charge is 0.331 e. The Hall–Kier alpha value is -1.84. The number of hydrogen-bond donors (Lipinski definition) is 1. The van der Waals surface area contributed by atoms with E-state index >= 15 is 0 Å². The molecule has 101 valence electrons. The molecule has 1 aliphatic heterocycles. The Bertz CT molecular complexity index is 468. The van der Waals surface area contributed by atoms with E-state index in [2.05, 4.69) is 12.2 Å². The van der Waals surface area contributed by atoms with Crippen LogP contribution in [0.3, 0.4) is 0 Å². The highest BCUT2D eigenvalue weighted by molar-refractivity contribution is 5.97. The minimum atomic E-state index is -0.329. The highest BCUT2D eigenvalue weighted by Crippen LogP contribution is 2.19. The third-order valence-corrected chi connectivity index (χ3v) is 3.47. The molecule has 1 aliphatic rings. The number of carbonyl (C=O) groups is 2. The Morgan fingerprint density at radius 1 is 1.37 bits per heavy atom. The van der Waals surface area contributed by atoms with Crippen LogP contribution in [0.4, 0.5) is 5.69 Å². The van der Waals surface area contributed by atoms with E-state index in [4.69, 9.17) is 0 Å². The molecule has 0 saturated carbocycles. The fraction of sp³-hybridized carbons (Fsp3) is 0.400. The fourth-order valence-electron chi connectivity index (χ4n) is 2.40. The first-order chi connectivity index (χ1) is 9.11. The Balaban J connectivity index is 2.01. The lowest BCUT2D eigenvalue weighted by molar-refractivity contribution is -0.134. The second-order valence-electron chi connectivity index (χ2n) is 4.81. The molecule has 0 bridgehead atoms. The maximum atomic E-state index is 12.2. The van der Waals surface area contributed by atoms with Gasteiger partial charge in [0.1, 0.15) is 6.04 Å². The summed E-state index contributed by atoms with van der Waals surface area (Å²) >= 11 is 0. The molecule has 1 aromatic carbocycles. The quantitative estimate of drug-likeness (QED) is 0.902. The van der Waals surface area contributed by atoms with Gasteiger partial charge in [0.15, 0.2) is 0 Å².